The Hall–Kier alpha value is -3.48. The first-order chi connectivity index (χ1) is 15.5. The Bertz CT molecular complexity index is 1110. The van der Waals surface area contributed by atoms with Gasteiger partial charge in [-0.3, -0.25) is 10.1 Å². The van der Waals surface area contributed by atoms with Crippen LogP contribution in [0, 0.1) is 5.82 Å². The van der Waals surface area contributed by atoms with E-state index in [2.05, 4.69) is 25.9 Å². The van der Waals surface area contributed by atoms with Crippen molar-refractivity contribution < 1.29 is 28.2 Å². The molecule has 1 fully saturated rings. The number of tetrazole rings is 1. The first kappa shape index (κ1) is 21.7. The maximum atomic E-state index is 14.3. The summed E-state index contributed by atoms with van der Waals surface area (Å²) in [6.07, 6.45) is 0.513. The van der Waals surface area contributed by atoms with Crippen molar-refractivity contribution in [2.24, 2.45) is 0 Å². The van der Waals surface area contributed by atoms with Gasteiger partial charge in [0.25, 0.3) is 11.9 Å². The van der Waals surface area contributed by atoms with Crippen LogP contribution in [0.1, 0.15) is 29.4 Å². The van der Waals surface area contributed by atoms with Crippen molar-refractivity contribution in [3.05, 3.63) is 22.8 Å². The molecule has 11 nitrogen and oxygen atoms in total. The molecular formula is C19H21FN6O5S. The number of aromatic nitrogens is 4. The number of carbonyl (C=O) groups is 2. The third-order valence-corrected chi connectivity index (χ3v) is 6.08. The largest absolute Gasteiger partial charge is 0.494 e. The molecule has 170 valence electrons. The zero-order valence-electron chi connectivity index (χ0n) is 17.4. The lowest BCUT2D eigenvalue weighted by Crippen LogP contribution is -2.42. The standard InChI is InChI=1S/C19H21FN6O5S/c1-3-30-19(28)26-6-4-10(5-7-26)31-15-11-8-13(29-2)12(20)9-14(11)32-16(15)17(27)21-18-22-24-25-23-18/h8-10H,3-7H2,1-2H3,(H2,21,22,23,24,25,27). The van der Waals surface area contributed by atoms with Crippen molar-refractivity contribution in [1.82, 2.24) is 25.5 Å². The van der Waals surface area contributed by atoms with Crippen LogP contribution in [0.3, 0.4) is 0 Å². The van der Waals surface area contributed by atoms with E-state index >= 15 is 0 Å². The van der Waals surface area contributed by atoms with Crippen LogP contribution >= 0.6 is 11.3 Å². The van der Waals surface area contributed by atoms with Crippen LogP contribution in [0.25, 0.3) is 10.1 Å². The zero-order chi connectivity index (χ0) is 22.7. The normalized spacial score (nSPS) is 14.4. The van der Waals surface area contributed by atoms with E-state index in [1.807, 2.05) is 0 Å². The van der Waals surface area contributed by atoms with Gasteiger partial charge in [-0.05, 0) is 24.3 Å². The van der Waals surface area contributed by atoms with Crippen LogP contribution in [0.4, 0.5) is 15.1 Å². The van der Waals surface area contributed by atoms with Crippen LogP contribution in [-0.4, -0.2) is 70.4 Å². The summed E-state index contributed by atoms with van der Waals surface area (Å²) >= 11 is 1.08. The number of anilines is 1. The average molecular weight is 464 g/mol. The van der Waals surface area contributed by atoms with Crippen molar-refractivity contribution in [3.63, 3.8) is 0 Å². The fraction of sp³-hybridized carbons (Fsp3) is 0.421. The van der Waals surface area contributed by atoms with Gasteiger partial charge in [-0.2, -0.15) is 5.21 Å². The van der Waals surface area contributed by atoms with Crippen LogP contribution in [0.5, 0.6) is 11.5 Å². The number of piperidine rings is 1. The fourth-order valence-electron chi connectivity index (χ4n) is 3.41. The Morgan fingerprint density at radius 3 is 2.78 bits per heavy atom. The smallest absolute Gasteiger partial charge is 0.409 e. The maximum Gasteiger partial charge on any atom is 0.409 e. The first-order valence-corrected chi connectivity index (χ1v) is 10.7. The van der Waals surface area contributed by atoms with E-state index in [0.717, 1.165) is 11.3 Å². The highest BCUT2D eigenvalue weighted by Crippen LogP contribution is 2.42. The van der Waals surface area contributed by atoms with Gasteiger partial charge in [0, 0.05) is 36.0 Å². The molecule has 0 unspecified atom stereocenters. The van der Waals surface area contributed by atoms with Crippen LogP contribution < -0.4 is 14.8 Å². The van der Waals surface area contributed by atoms with Crippen molar-refractivity contribution in [2.45, 2.75) is 25.9 Å². The summed E-state index contributed by atoms with van der Waals surface area (Å²) in [5.41, 5.74) is 0. The second-order valence-corrected chi connectivity index (χ2v) is 7.99. The van der Waals surface area contributed by atoms with E-state index in [-0.39, 0.29) is 28.8 Å². The highest BCUT2D eigenvalue weighted by molar-refractivity contribution is 7.21. The second kappa shape index (κ2) is 9.34. The maximum absolute atomic E-state index is 14.3. The molecule has 13 heteroatoms. The number of carbonyl (C=O) groups excluding carboxylic acids is 2. The minimum Gasteiger partial charge on any atom is -0.494 e. The number of hydrogen-bond donors (Lipinski definition) is 2. The Balaban J connectivity index is 1.61. The minimum absolute atomic E-state index is 0.00455. The number of thiophene rings is 1. The number of likely N-dealkylation sites (tertiary alicyclic amines) is 1. The van der Waals surface area contributed by atoms with Gasteiger partial charge in [0.1, 0.15) is 11.0 Å². The lowest BCUT2D eigenvalue weighted by Gasteiger charge is -2.31. The average Bonchev–Trinajstić information content (AvgIpc) is 3.41. The second-order valence-electron chi connectivity index (χ2n) is 6.94. The lowest BCUT2D eigenvalue weighted by atomic mass is 10.1. The number of methoxy groups -OCH3 is 1. The van der Waals surface area contributed by atoms with Crippen molar-refractivity contribution in [1.29, 1.82) is 0 Å². The number of H-pyrrole nitrogens is 1. The number of ether oxygens (including phenoxy) is 3. The summed E-state index contributed by atoms with van der Waals surface area (Å²) in [7, 11) is 1.37. The molecule has 2 N–H and O–H groups in total. The van der Waals surface area contributed by atoms with Gasteiger partial charge in [0.05, 0.1) is 13.7 Å². The van der Waals surface area contributed by atoms with E-state index < -0.39 is 11.7 Å². The highest BCUT2D eigenvalue weighted by atomic mass is 32.1. The van der Waals surface area contributed by atoms with Crippen LogP contribution in [0.15, 0.2) is 12.1 Å². The highest BCUT2D eigenvalue weighted by Gasteiger charge is 2.29. The molecule has 0 bridgehead atoms. The molecule has 0 spiro atoms. The number of fused-ring (bicyclic) bond motifs is 1. The molecule has 0 atom stereocenters. The summed E-state index contributed by atoms with van der Waals surface area (Å²) < 4.78 is 31.2. The molecule has 4 rings (SSSR count). The number of hydrogen-bond acceptors (Lipinski definition) is 9. The number of amides is 2. The third kappa shape index (κ3) is 4.42. The number of nitrogens with zero attached hydrogens (tertiary/aromatic N) is 4. The van der Waals surface area contributed by atoms with Crippen molar-refractivity contribution in [3.8, 4) is 11.5 Å². The monoisotopic (exact) mass is 464 g/mol. The zero-order valence-corrected chi connectivity index (χ0v) is 18.2. The molecule has 2 amide bonds. The molecule has 1 aliphatic rings. The topological polar surface area (TPSA) is 132 Å². The Labute approximate surface area is 185 Å². The molecule has 0 aliphatic carbocycles. The summed E-state index contributed by atoms with van der Waals surface area (Å²) in [6.45, 7) is 3.00. The third-order valence-electron chi connectivity index (χ3n) is 4.95. The van der Waals surface area contributed by atoms with Gasteiger partial charge in [-0.25, -0.2) is 9.18 Å². The molecule has 1 aliphatic heterocycles. The Kier molecular flexibility index (Phi) is 6.35. The van der Waals surface area contributed by atoms with E-state index in [1.165, 1.54) is 19.2 Å². The number of aromatic amines is 1. The molecule has 1 aromatic carbocycles. The van der Waals surface area contributed by atoms with E-state index in [9.17, 15) is 14.0 Å². The quantitative estimate of drug-likeness (QED) is 0.569. The summed E-state index contributed by atoms with van der Waals surface area (Å²) in [6, 6.07) is 2.82. The van der Waals surface area contributed by atoms with Crippen LogP contribution in [-0.2, 0) is 4.74 Å². The molecule has 0 radical (unpaired) electrons. The number of nitrogens with one attached hydrogen (secondary N) is 2. The van der Waals surface area contributed by atoms with E-state index in [4.69, 9.17) is 14.2 Å². The van der Waals surface area contributed by atoms with E-state index in [1.54, 1.807) is 11.8 Å². The van der Waals surface area contributed by atoms with Gasteiger partial charge < -0.3 is 19.1 Å². The van der Waals surface area contributed by atoms with Gasteiger partial charge in [-0.15, -0.1) is 16.4 Å². The minimum atomic E-state index is -0.541. The SMILES string of the molecule is CCOC(=O)N1CCC(Oc2c(C(=O)Nc3nn[nH]n3)sc3cc(F)c(OC)cc23)CC1. The summed E-state index contributed by atoms with van der Waals surface area (Å²) in [4.78, 5) is 26.7. The number of rotatable bonds is 6. The molecule has 2 aromatic heterocycles. The lowest BCUT2D eigenvalue weighted by molar-refractivity contribution is 0.0706. The molecule has 3 heterocycles. The Morgan fingerprint density at radius 1 is 1.34 bits per heavy atom. The molecule has 1 saturated heterocycles. The first-order valence-electron chi connectivity index (χ1n) is 9.93. The van der Waals surface area contributed by atoms with Gasteiger partial charge in [-0.1, -0.05) is 5.10 Å². The molecular weight excluding hydrogens is 443 g/mol. The molecule has 3 aromatic rings. The fourth-order valence-corrected chi connectivity index (χ4v) is 4.45. The molecule has 32 heavy (non-hydrogen) atoms. The van der Waals surface area contributed by atoms with Crippen molar-refractivity contribution in [2.75, 3.05) is 32.1 Å². The van der Waals surface area contributed by atoms with Crippen LogP contribution in [0.2, 0.25) is 0 Å². The predicted octanol–water partition coefficient (Wildman–Crippen LogP) is 2.81. The summed E-state index contributed by atoms with van der Waals surface area (Å²) in [5, 5.41) is 16.2. The van der Waals surface area contributed by atoms with Gasteiger partial charge >= 0.3 is 6.09 Å². The summed E-state index contributed by atoms with van der Waals surface area (Å²) in [5.74, 6) is -0.683. The van der Waals surface area contributed by atoms with E-state index in [0.29, 0.717) is 48.4 Å². The number of halogens is 1. The number of benzene rings is 1. The Morgan fingerprint density at radius 2 is 2.12 bits per heavy atom. The van der Waals surface area contributed by atoms with Crippen molar-refractivity contribution >= 4 is 39.4 Å². The predicted molar refractivity (Wildman–Crippen MR) is 113 cm³/mol. The van der Waals surface area contributed by atoms with Gasteiger partial charge in [0.15, 0.2) is 17.3 Å². The molecule has 0 saturated carbocycles. The van der Waals surface area contributed by atoms with Gasteiger partial charge in [0.2, 0.25) is 0 Å².